The van der Waals surface area contributed by atoms with Crippen LogP contribution in [-0.4, -0.2) is 37.1 Å². The van der Waals surface area contributed by atoms with E-state index >= 15 is 0 Å². The Hall–Kier alpha value is -1.39. The van der Waals surface area contributed by atoms with Gasteiger partial charge in [0, 0.05) is 26.2 Å². The molecule has 1 aromatic carbocycles. The Morgan fingerprint density at radius 3 is 2.62 bits per heavy atom. The highest BCUT2D eigenvalue weighted by Crippen LogP contribution is 2.35. The smallest absolute Gasteiger partial charge is 0.227 e. The Morgan fingerprint density at radius 1 is 1.38 bits per heavy atom. The molecule has 1 fully saturated rings. The topological polar surface area (TPSA) is 55.6 Å². The maximum Gasteiger partial charge on any atom is 0.227 e. The fourth-order valence-corrected chi connectivity index (χ4v) is 2.77. The van der Waals surface area contributed by atoms with Gasteiger partial charge in [0.05, 0.1) is 13.0 Å². The third-order valence-electron chi connectivity index (χ3n) is 4.33. The molecule has 0 bridgehead atoms. The van der Waals surface area contributed by atoms with Crippen molar-refractivity contribution in [3.63, 3.8) is 0 Å². The molecule has 4 nitrogen and oxygen atoms in total. The number of carbonyl (C=O) groups excluding carboxylic acids is 1. The highest BCUT2D eigenvalue weighted by Gasteiger charge is 2.34. The average molecular weight is 290 g/mol. The monoisotopic (exact) mass is 290 g/mol. The van der Waals surface area contributed by atoms with Gasteiger partial charge >= 0.3 is 0 Å². The fraction of sp³-hybridized carbons (Fsp3) is 0.588. The zero-order chi connectivity index (χ0) is 15.2. The first kappa shape index (κ1) is 16.0. The van der Waals surface area contributed by atoms with Gasteiger partial charge in [0.25, 0.3) is 0 Å². The predicted octanol–water partition coefficient (Wildman–Crippen LogP) is 1.96. The minimum atomic E-state index is 0.173. The van der Waals surface area contributed by atoms with Crippen LogP contribution >= 0.6 is 0 Å². The van der Waals surface area contributed by atoms with Crippen LogP contribution < -0.4 is 5.73 Å². The summed E-state index contributed by atoms with van der Waals surface area (Å²) >= 11 is 0. The lowest BCUT2D eigenvalue weighted by Gasteiger charge is -2.29. The minimum Gasteiger partial charge on any atom is -0.383 e. The number of amides is 1. The molecule has 0 aromatic heterocycles. The first-order valence-electron chi connectivity index (χ1n) is 7.72. The lowest BCUT2D eigenvalue weighted by molar-refractivity contribution is -0.133. The van der Waals surface area contributed by atoms with Crippen molar-refractivity contribution < 1.29 is 9.53 Å². The molecule has 1 aliphatic carbocycles. The average Bonchev–Trinajstić information content (AvgIpc) is 3.32. The standard InChI is InChI=1S/C17H26N2O2/c1-13(14-7-8-14)19(9-10-21-2)17(20)11-15-5-3-4-6-16(15)12-18/h3-6,13-14H,7-12,18H2,1-2H3. The van der Waals surface area contributed by atoms with Crippen molar-refractivity contribution in [1.29, 1.82) is 0 Å². The van der Waals surface area contributed by atoms with E-state index in [0.717, 1.165) is 11.1 Å². The largest absolute Gasteiger partial charge is 0.383 e. The number of nitrogens with two attached hydrogens (primary N) is 1. The fourth-order valence-electron chi connectivity index (χ4n) is 2.77. The molecule has 0 aliphatic heterocycles. The second-order valence-corrected chi connectivity index (χ2v) is 5.81. The van der Waals surface area contributed by atoms with E-state index in [1.54, 1.807) is 7.11 Å². The highest BCUT2D eigenvalue weighted by molar-refractivity contribution is 5.79. The summed E-state index contributed by atoms with van der Waals surface area (Å²) in [7, 11) is 1.67. The first-order chi connectivity index (χ1) is 10.2. The molecule has 0 saturated heterocycles. The van der Waals surface area contributed by atoms with Crippen molar-refractivity contribution >= 4 is 5.91 Å². The summed E-state index contributed by atoms with van der Waals surface area (Å²) in [5.41, 5.74) is 7.85. The van der Waals surface area contributed by atoms with E-state index in [4.69, 9.17) is 10.5 Å². The summed E-state index contributed by atoms with van der Waals surface area (Å²) in [5.74, 6) is 0.836. The lowest BCUT2D eigenvalue weighted by Crippen LogP contribution is -2.42. The van der Waals surface area contributed by atoms with Crippen molar-refractivity contribution in [3.8, 4) is 0 Å². The van der Waals surface area contributed by atoms with E-state index < -0.39 is 0 Å². The van der Waals surface area contributed by atoms with Crippen LogP contribution in [0, 0.1) is 5.92 Å². The quantitative estimate of drug-likeness (QED) is 0.796. The van der Waals surface area contributed by atoms with Crippen molar-refractivity contribution in [3.05, 3.63) is 35.4 Å². The van der Waals surface area contributed by atoms with Gasteiger partial charge in [0.1, 0.15) is 0 Å². The summed E-state index contributed by atoms with van der Waals surface area (Å²) in [4.78, 5) is 14.7. The molecular weight excluding hydrogens is 264 g/mol. The van der Waals surface area contributed by atoms with Gasteiger partial charge in [-0.25, -0.2) is 0 Å². The highest BCUT2D eigenvalue weighted by atomic mass is 16.5. The molecule has 1 aromatic rings. The maximum absolute atomic E-state index is 12.7. The number of hydrogen-bond acceptors (Lipinski definition) is 3. The second-order valence-electron chi connectivity index (χ2n) is 5.81. The van der Waals surface area contributed by atoms with Crippen LogP contribution in [0.15, 0.2) is 24.3 Å². The second kappa shape index (κ2) is 7.57. The number of ether oxygens (including phenoxy) is 1. The molecule has 1 unspecified atom stereocenters. The van der Waals surface area contributed by atoms with Gasteiger partial charge in [-0.2, -0.15) is 0 Å². The number of carbonyl (C=O) groups is 1. The zero-order valence-corrected chi connectivity index (χ0v) is 13.0. The van der Waals surface area contributed by atoms with Crippen molar-refractivity contribution in [2.24, 2.45) is 11.7 Å². The lowest BCUT2D eigenvalue weighted by atomic mass is 10.0. The van der Waals surface area contributed by atoms with Crippen molar-refractivity contribution in [2.45, 2.75) is 38.8 Å². The number of hydrogen-bond donors (Lipinski definition) is 1. The van der Waals surface area contributed by atoms with Crippen LogP contribution in [0.4, 0.5) is 0 Å². The van der Waals surface area contributed by atoms with Crippen LogP contribution in [0.5, 0.6) is 0 Å². The van der Waals surface area contributed by atoms with E-state index in [1.165, 1.54) is 12.8 Å². The van der Waals surface area contributed by atoms with E-state index in [-0.39, 0.29) is 5.91 Å². The van der Waals surface area contributed by atoms with Gasteiger partial charge < -0.3 is 15.4 Å². The third-order valence-corrected chi connectivity index (χ3v) is 4.33. The van der Waals surface area contributed by atoms with Crippen molar-refractivity contribution in [2.75, 3.05) is 20.3 Å². The van der Waals surface area contributed by atoms with Gasteiger partial charge in [0.15, 0.2) is 0 Å². The number of benzene rings is 1. The molecular formula is C17H26N2O2. The summed E-state index contributed by atoms with van der Waals surface area (Å²) < 4.78 is 5.15. The van der Waals surface area contributed by atoms with Gasteiger partial charge in [-0.15, -0.1) is 0 Å². The first-order valence-corrected chi connectivity index (χ1v) is 7.72. The zero-order valence-electron chi connectivity index (χ0n) is 13.0. The molecule has 2 rings (SSSR count). The number of rotatable bonds is 8. The molecule has 0 radical (unpaired) electrons. The summed E-state index contributed by atoms with van der Waals surface area (Å²) in [6, 6.07) is 8.22. The Morgan fingerprint density at radius 2 is 2.05 bits per heavy atom. The molecule has 1 amide bonds. The summed E-state index contributed by atoms with van der Waals surface area (Å²) in [6.45, 7) is 3.87. The Labute approximate surface area is 127 Å². The van der Waals surface area contributed by atoms with Crippen LogP contribution in [0.25, 0.3) is 0 Å². The van der Waals surface area contributed by atoms with Crippen LogP contribution in [0.2, 0.25) is 0 Å². The SMILES string of the molecule is COCCN(C(=O)Cc1ccccc1CN)C(C)C1CC1. The van der Waals surface area contributed by atoms with Crippen LogP contribution in [-0.2, 0) is 22.5 Å². The van der Waals surface area contributed by atoms with Gasteiger partial charge in [0.2, 0.25) is 5.91 Å². The molecule has 1 saturated carbocycles. The molecule has 2 N–H and O–H groups in total. The van der Waals surface area contributed by atoms with Crippen molar-refractivity contribution in [1.82, 2.24) is 4.90 Å². The van der Waals surface area contributed by atoms with Gasteiger partial charge in [-0.3, -0.25) is 4.79 Å². The van der Waals surface area contributed by atoms with Gasteiger partial charge in [-0.05, 0) is 36.8 Å². The van der Waals surface area contributed by atoms with Crippen LogP contribution in [0.3, 0.4) is 0 Å². The number of methoxy groups -OCH3 is 1. The molecule has 116 valence electrons. The van der Waals surface area contributed by atoms with E-state index in [1.807, 2.05) is 29.2 Å². The Kier molecular flexibility index (Phi) is 5.76. The third kappa shape index (κ3) is 4.29. The maximum atomic E-state index is 12.7. The van der Waals surface area contributed by atoms with E-state index in [0.29, 0.717) is 38.1 Å². The minimum absolute atomic E-state index is 0.173. The Bertz CT molecular complexity index is 472. The molecule has 0 spiro atoms. The molecule has 21 heavy (non-hydrogen) atoms. The molecule has 1 atom stereocenters. The van der Waals surface area contributed by atoms with Crippen LogP contribution in [0.1, 0.15) is 30.9 Å². The van der Waals surface area contributed by atoms with E-state index in [2.05, 4.69) is 6.92 Å². The summed E-state index contributed by atoms with van der Waals surface area (Å²) in [5, 5.41) is 0. The molecule has 1 aliphatic rings. The molecule has 4 heteroatoms. The number of nitrogens with zero attached hydrogens (tertiary/aromatic N) is 1. The van der Waals surface area contributed by atoms with E-state index in [9.17, 15) is 4.79 Å². The predicted molar refractivity (Wildman–Crippen MR) is 83.8 cm³/mol. The normalized spacial score (nSPS) is 15.8. The summed E-state index contributed by atoms with van der Waals surface area (Å²) in [6.07, 6.45) is 2.89. The molecule has 0 heterocycles. The van der Waals surface area contributed by atoms with Gasteiger partial charge in [-0.1, -0.05) is 24.3 Å². The Balaban J connectivity index is 2.06.